The van der Waals surface area contributed by atoms with E-state index in [9.17, 15) is 17.6 Å². The van der Waals surface area contributed by atoms with Crippen LogP contribution < -0.4 is 11.1 Å². The van der Waals surface area contributed by atoms with Gasteiger partial charge in [-0.1, -0.05) is 6.07 Å². The fourth-order valence-electron chi connectivity index (χ4n) is 4.66. The Morgan fingerprint density at radius 3 is 2.58 bits per heavy atom. The molecule has 176 valence electrons. The molecule has 4 N–H and O–H groups in total. The Morgan fingerprint density at radius 2 is 1.94 bits per heavy atom. The predicted molar refractivity (Wildman–Crippen MR) is 128 cm³/mol. The summed E-state index contributed by atoms with van der Waals surface area (Å²) in [5.41, 5.74) is 9.89. The number of carbonyl (C=O) groups is 1. The number of carbonyl (C=O) groups excluding carboxylic acids is 1. The molecule has 1 amide bonds. The summed E-state index contributed by atoms with van der Waals surface area (Å²) in [5, 5.41) is 3.85. The molecule has 3 aromatic rings. The molecule has 0 atom stereocenters. The molecule has 1 aromatic heterocycles. The standard InChI is InChI=1S/C24H29FN4O3S/c1-3-33(31,32)29-8-6-15(7-9-29)21-14-28-23-19(21)11-17(12-20(23)24(26)30)16-4-5-22(25)18(10-16)13-27-2/h4-5,10-12,14-15,27-28H,3,6-9,13H2,1-2H3,(H2,26,30). The van der Waals surface area contributed by atoms with Crippen LogP contribution in [0.5, 0.6) is 0 Å². The summed E-state index contributed by atoms with van der Waals surface area (Å²) in [6, 6.07) is 8.63. The van der Waals surface area contributed by atoms with Crippen LogP contribution in [0.4, 0.5) is 4.39 Å². The van der Waals surface area contributed by atoms with E-state index < -0.39 is 15.9 Å². The van der Waals surface area contributed by atoms with Crippen molar-refractivity contribution in [3.63, 3.8) is 0 Å². The molecular weight excluding hydrogens is 443 g/mol. The lowest BCUT2D eigenvalue weighted by Crippen LogP contribution is -2.38. The number of sulfonamides is 1. The number of nitrogens with zero attached hydrogens (tertiary/aromatic N) is 1. The van der Waals surface area contributed by atoms with Crippen LogP contribution in [0, 0.1) is 5.82 Å². The first kappa shape index (κ1) is 23.4. The van der Waals surface area contributed by atoms with Gasteiger partial charge < -0.3 is 16.0 Å². The zero-order valence-corrected chi connectivity index (χ0v) is 19.6. The molecule has 0 bridgehead atoms. The van der Waals surface area contributed by atoms with E-state index in [1.54, 1.807) is 36.5 Å². The number of primary amides is 1. The van der Waals surface area contributed by atoms with Crippen molar-refractivity contribution in [3.05, 3.63) is 59.0 Å². The summed E-state index contributed by atoms with van der Waals surface area (Å²) >= 11 is 0. The summed E-state index contributed by atoms with van der Waals surface area (Å²) in [5.74, 6) is -0.577. The van der Waals surface area contributed by atoms with Crippen molar-refractivity contribution < 1.29 is 17.6 Å². The van der Waals surface area contributed by atoms with E-state index in [0.29, 0.717) is 49.1 Å². The fourth-order valence-corrected chi connectivity index (χ4v) is 5.79. The van der Waals surface area contributed by atoms with Gasteiger partial charge in [0.05, 0.1) is 16.8 Å². The van der Waals surface area contributed by atoms with Crippen molar-refractivity contribution in [1.82, 2.24) is 14.6 Å². The number of halogens is 1. The minimum atomic E-state index is -3.20. The molecule has 1 aliphatic heterocycles. The number of nitrogens with one attached hydrogen (secondary N) is 2. The molecule has 1 saturated heterocycles. The van der Waals surface area contributed by atoms with Crippen LogP contribution in [0.3, 0.4) is 0 Å². The first-order chi connectivity index (χ1) is 15.7. The molecule has 0 unspecified atom stereocenters. The van der Waals surface area contributed by atoms with Gasteiger partial charge in [0.1, 0.15) is 5.82 Å². The third-order valence-electron chi connectivity index (χ3n) is 6.49. The molecular formula is C24H29FN4O3S. The van der Waals surface area contributed by atoms with E-state index >= 15 is 0 Å². The molecule has 7 nitrogen and oxygen atoms in total. The summed E-state index contributed by atoms with van der Waals surface area (Å²) in [6.45, 7) is 2.99. The number of fused-ring (bicyclic) bond motifs is 1. The van der Waals surface area contributed by atoms with Gasteiger partial charge >= 0.3 is 0 Å². The van der Waals surface area contributed by atoms with Gasteiger partial charge in [0, 0.05) is 36.8 Å². The Kier molecular flexibility index (Phi) is 6.56. The number of hydrogen-bond acceptors (Lipinski definition) is 4. The van der Waals surface area contributed by atoms with Crippen LogP contribution in [0.1, 0.15) is 47.2 Å². The van der Waals surface area contributed by atoms with Gasteiger partial charge in [-0.25, -0.2) is 17.1 Å². The SMILES string of the molecule is CCS(=O)(=O)N1CCC(c2c[nH]c3c(C(N)=O)cc(-c4ccc(F)c(CNC)c4)cc23)CC1. The Balaban J connectivity index is 1.75. The van der Waals surface area contributed by atoms with Gasteiger partial charge in [-0.2, -0.15) is 0 Å². The maximum absolute atomic E-state index is 14.2. The Hall–Kier alpha value is -2.75. The third kappa shape index (κ3) is 4.53. The number of hydrogen-bond donors (Lipinski definition) is 3. The maximum atomic E-state index is 14.2. The number of H-pyrrole nitrogens is 1. The Labute approximate surface area is 193 Å². The molecule has 4 rings (SSSR count). The number of aromatic nitrogens is 1. The van der Waals surface area contributed by atoms with Crippen molar-refractivity contribution in [2.75, 3.05) is 25.9 Å². The summed E-state index contributed by atoms with van der Waals surface area (Å²) in [7, 11) is -1.44. The first-order valence-corrected chi connectivity index (χ1v) is 12.7. The highest BCUT2D eigenvalue weighted by atomic mass is 32.2. The van der Waals surface area contributed by atoms with Crippen LogP contribution in [-0.4, -0.2) is 49.5 Å². The number of benzene rings is 2. The van der Waals surface area contributed by atoms with Gasteiger partial charge in [0.2, 0.25) is 10.0 Å². The summed E-state index contributed by atoms with van der Waals surface area (Å²) in [6.07, 6.45) is 3.29. The number of nitrogens with two attached hydrogens (primary N) is 1. The van der Waals surface area contributed by atoms with Crippen LogP contribution >= 0.6 is 0 Å². The number of aromatic amines is 1. The molecule has 2 heterocycles. The molecule has 0 radical (unpaired) electrons. The summed E-state index contributed by atoms with van der Waals surface area (Å²) < 4.78 is 40.2. The predicted octanol–water partition coefficient (Wildman–Crippen LogP) is 3.32. The topological polar surface area (TPSA) is 108 Å². The van der Waals surface area contributed by atoms with Crippen LogP contribution in [0.15, 0.2) is 36.5 Å². The van der Waals surface area contributed by atoms with Crippen LogP contribution in [0.2, 0.25) is 0 Å². The minimum absolute atomic E-state index is 0.100. The average Bonchev–Trinajstić information content (AvgIpc) is 3.24. The number of rotatable bonds is 7. The van der Waals surface area contributed by atoms with Gasteiger partial charge in [0.25, 0.3) is 5.91 Å². The van der Waals surface area contributed by atoms with Gasteiger partial charge in [-0.15, -0.1) is 0 Å². The third-order valence-corrected chi connectivity index (χ3v) is 8.37. The smallest absolute Gasteiger partial charge is 0.250 e. The molecule has 2 aromatic carbocycles. The minimum Gasteiger partial charge on any atom is -0.366 e. The van der Waals surface area contributed by atoms with E-state index in [4.69, 9.17) is 5.73 Å². The summed E-state index contributed by atoms with van der Waals surface area (Å²) in [4.78, 5) is 15.5. The first-order valence-electron chi connectivity index (χ1n) is 11.1. The molecule has 0 aliphatic carbocycles. The van der Waals surface area contributed by atoms with Gasteiger partial charge in [-0.3, -0.25) is 4.79 Å². The van der Waals surface area contributed by atoms with Gasteiger partial charge in [0.15, 0.2) is 0 Å². The van der Waals surface area contributed by atoms with E-state index in [2.05, 4.69) is 10.3 Å². The zero-order chi connectivity index (χ0) is 23.8. The van der Waals surface area contributed by atoms with Gasteiger partial charge in [-0.05, 0) is 73.7 Å². The van der Waals surface area contributed by atoms with E-state index in [1.165, 1.54) is 6.07 Å². The van der Waals surface area contributed by atoms with Crippen molar-refractivity contribution in [2.24, 2.45) is 5.73 Å². The highest BCUT2D eigenvalue weighted by Gasteiger charge is 2.29. The quantitative estimate of drug-likeness (QED) is 0.490. The Bertz CT molecular complexity index is 1290. The van der Waals surface area contributed by atoms with Crippen LogP contribution in [0.25, 0.3) is 22.0 Å². The van der Waals surface area contributed by atoms with Crippen LogP contribution in [-0.2, 0) is 16.6 Å². The molecule has 0 saturated carbocycles. The van der Waals surface area contributed by atoms with E-state index in [1.807, 2.05) is 12.3 Å². The lowest BCUT2D eigenvalue weighted by molar-refractivity contribution is 0.100. The molecule has 1 fully saturated rings. The number of piperidine rings is 1. The van der Waals surface area contributed by atoms with Crippen molar-refractivity contribution in [3.8, 4) is 11.1 Å². The Morgan fingerprint density at radius 1 is 1.21 bits per heavy atom. The van der Waals surface area contributed by atoms with E-state index in [-0.39, 0.29) is 17.5 Å². The van der Waals surface area contributed by atoms with Crippen molar-refractivity contribution in [2.45, 2.75) is 32.2 Å². The second kappa shape index (κ2) is 9.24. The van der Waals surface area contributed by atoms with Crippen molar-refractivity contribution >= 4 is 26.8 Å². The fraction of sp³-hybridized carbons (Fsp3) is 0.375. The monoisotopic (exact) mass is 472 g/mol. The molecule has 9 heteroatoms. The second-order valence-corrected chi connectivity index (χ2v) is 10.7. The largest absolute Gasteiger partial charge is 0.366 e. The lowest BCUT2D eigenvalue weighted by Gasteiger charge is -2.31. The zero-order valence-electron chi connectivity index (χ0n) is 18.8. The van der Waals surface area contributed by atoms with Crippen molar-refractivity contribution in [1.29, 1.82) is 0 Å². The van der Waals surface area contributed by atoms with E-state index in [0.717, 1.165) is 22.1 Å². The highest BCUT2D eigenvalue weighted by Crippen LogP contribution is 2.37. The second-order valence-electron chi connectivity index (χ2n) is 8.47. The molecule has 33 heavy (non-hydrogen) atoms. The average molecular weight is 473 g/mol. The lowest BCUT2D eigenvalue weighted by atomic mass is 9.88. The molecule has 0 spiro atoms. The maximum Gasteiger partial charge on any atom is 0.250 e. The normalized spacial score (nSPS) is 15.8. The number of amides is 1. The highest BCUT2D eigenvalue weighted by molar-refractivity contribution is 7.89. The molecule has 1 aliphatic rings.